The Labute approximate surface area is 262 Å². The summed E-state index contributed by atoms with van der Waals surface area (Å²) in [6.45, 7) is 2.15. The molecule has 0 aliphatic carbocycles. The topological polar surface area (TPSA) is 0 Å². The number of hydrogen-bond acceptors (Lipinski definition) is 0. The molecule has 210 valence electrons. The van der Waals surface area contributed by atoms with Gasteiger partial charge < -0.3 is 0 Å². The van der Waals surface area contributed by atoms with Crippen LogP contribution in [0.15, 0.2) is 164 Å². The Morgan fingerprint density at radius 1 is 0.289 bits per heavy atom. The van der Waals surface area contributed by atoms with E-state index in [1.807, 2.05) is 0 Å². The van der Waals surface area contributed by atoms with Gasteiger partial charge in [-0.2, -0.15) is 0 Å². The van der Waals surface area contributed by atoms with Crippen molar-refractivity contribution in [1.29, 1.82) is 0 Å². The molecule has 0 amide bonds. The van der Waals surface area contributed by atoms with E-state index in [1.165, 1.54) is 92.8 Å². The van der Waals surface area contributed by atoms with E-state index in [2.05, 4.69) is 171 Å². The molecule has 0 saturated heterocycles. The fraction of sp³-hybridized carbons (Fsp3) is 0.0222. The maximum absolute atomic E-state index is 2.42. The monoisotopic (exact) mass is 570 g/mol. The lowest BCUT2D eigenvalue weighted by Gasteiger charge is -2.18. The zero-order valence-corrected chi connectivity index (χ0v) is 25.1. The quantitative estimate of drug-likeness (QED) is 0.146. The van der Waals surface area contributed by atoms with E-state index in [9.17, 15) is 0 Å². The van der Waals surface area contributed by atoms with E-state index in [-0.39, 0.29) is 0 Å². The maximum atomic E-state index is 2.42. The molecule has 45 heavy (non-hydrogen) atoms. The van der Waals surface area contributed by atoms with E-state index >= 15 is 0 Å². The third-order valence-electron chi connectivity index (χ3n) is 9.48. The Morgan fingerprint density at radius 3 is 1.44 bits per heavy atom. The van der Waals surface area contributed by atoms with Crippen LogP contribution in [0.5, 0.6) is 0 Å². The second-order valence-corrected chi connectivity index (χ2v) is 12.2. The average molecular weight is 571 g/mol. The van der Waals surface area contributed by atoms with Crippen molar-refractivity contribution in [3.8, 4) is 33.4 Å². The molecule has 0 N–H and O–H groups in total. The van der Waals surface area contributed by atoms with Gasteiger partial charge in [0.15, 0.2) is 0 Å². The van der Waals surface area contributed by atoms with E-state index in [1.54, 1.807) is 0 Å². The zero-order valence-electron chi connectivity index (χ0n) is 25.1. The van der Waals surface area contributed by atoms with E-state index in [4.69, 9.17) is 0 Å². The van der Waals surface area contributed by atoms with Gasteiger partial charge in [-0.3, -0.25) is 0 Å². The van der Waals surface area contributed by atoms with Crippen molar-refractivity contribution in [3.63, 3.8) is 0 Å². The third kappa shape index (κ3) is 4.14. The van der Waals surface area contributed by atoms with Gasteiger partial charge in [0, 0.05) is 0 Å². The van der Waals surface area contributed by atoms with Crippen molar-refractivity contribution in [2.24, 2.45) is 0 Å². The molecule has 9 aromatic carbocycles. The molecule has 9 rings (SSSR count). The summed E-state index contributed by atoms with van der Waals surface area (Å²) in [4.78, 5) is 0. The lowest BCUT2D eigenvalue weighted by Crippen LogP contribution is -1.91. The first kappa shape index (κ1) is 25.7. The van der Waals surface area contributed by atoms with Crippen molar-refractivity contribution in [2.75, 3.05) is 0 Å². The van der Waals surface area contributed by atoms with E-state index in [0.29, 0.717) is 0 Å². The van der Waals surface area contributed by atoms with Crippen molar-refractivity contribution >= 4 is 53.9 Å². The molecule has 0 aromatic heterocycles. The van der Waals surface area contributed by atoms with Gasteiger partial charge in [0.05, 0.1) is 0 Å². The normalized spacial score (nSPS) is 11.7. The molecule has 9 aromatic rings. The Morgan fingerprint density at radius 2 is 0.778 bits per heavy atom. The maximum Gasteiger partial charge on any atom is -0.00261 e. The zero-order chi connectivity index (χ0) is 29.9. The van der Waals surface area contributed by atoms with Gasteiger partial charge in [-0.15, -0.1) is 0 Å². The Bertz CT molecular complexity index is 2530. The molecule has 0 spiro atoms. The minimum absolute atomic E-state index is 1.24. The highest BCUT2D eigenvalue weighted by Crippen LogP contribution is 2.45. The summed E-state index contributed by atoms with van der Waals surface area (Å²) < 4.78 is 0. The minimum atomic E-state index is 1.24. The van der Waals surface area contributed by atoms with Gasteiger partial charge in [-0.25, -0.2) is 0 Å². The molecular formula is C45H30. The summed E-state index contributed by atoms with van der Waals surface area (Å²) in [5, 5.41) is 12.8. The summed E-state index contributed by atoms with van der Waals surface area (Å²) >= 11 is 0. The van der Waals surface area contributed by atoms with Crippen molar-refractivity contribution in [1.82, 2.24) is 0 Å². The largest absolute Gasteiger partial charge is 0.0616 e. The van der Waals surface area contributed by atoms with Gasteiger partial charge in [0.25, 0.3) is 0 Å². The highest BCUT2D eigenvalue weighted by molar-refractivity contribution is 6.22. The van der Waals surface area contributed by atoms with Crippen LogP contribution in [0.2, 0.25) is 0 Å². The SMILES string of the molecule is Cc1ccc(-c2c3ccccc3c(-c3ccc4cc(-c5ccc6ccccc6c5)c5ccccc5c4c3)c3ccccc23)cc1. The van der Waals surface area contributed by atoms with Crippen LogP contribution in [0.4, 0.5) is 0 Å². The highest BCUT2D eigenvalue weighted by atomic mass is 14.2. The van der Waals surface area contributed by atoms with Crippen molar-refractivity contribution < 1.29 is 0 Å². The summed E-state index contributed by atoms with van der Waals surface area (Å²) in [7, 11) is 0. The standard InChI is InChI=1S/C45H30/c1-29-18-20-31(21-19-29)44-38-14-6-8-16-40(38)45(41-17-9-7-15-39(41)44)35-25-24-34-27-42(36-12-4-5-13-37(36)43(34)28-35)33-23-22-30-10-2-3-11-32(30)26-33/h2-28H,1H3. The number of fused-ring (bicyclic) bond motifs is 6. The molecule has 0 heteroatoms. The van der Waals surface area contributed by atoms with Crippen LogP contribution in [0.3, 0.4) is 0 Å². The van der Waals surface area contributed by atoms with E-state index < -0.39 is 0 Å². The molecule has 0 heterocycles. The molecule has 0 bridgehead atoms. The Hall–Kier alpha value is -5.72. The summed E-state index contributed by atoms with van der Waals surface area (Å²) in [6.07, 6.45) is 0. The first-order valence-corrected chi connectivity index (χ1v) is 15.7. The van der Waals surface area contributed by atoms with Crippen molar-refractivity contribution in [2.45, 2.75) is 6.92 Å². The highest BCUT2D eigenvalue weighted by Gasteiger charge is 2.17. The van der Waals surface area contributed by atoms with Crippen LogP contribution in [-0.2, 0) is 0 Å². The van der Waals surface area contributed by atoms with Gasteiger partial charge >= 0.3 is 0 Å². The predicted molar refractivity (Wildman–Crippen MR) is 195 cm³/mol. The first-order chi connectivity index (χ1) is 22.2. The smallest absolute Gasteiger partial charge is 0.00261 e. The van der Waals surface area contributed by atoms with E-state index in [0.717, 1.165) is 0 Å². The third-order valence-corrected chi connectivity index (χ3v) is 9.48. The predicted octanol–water partition coefficient (Wildman–Crippen LogP) is 12.8. The Balaban J connectivity index is 1.32. The second-order valence-electron chi connectivity index (χ2n) is 12.2. The molecule has 0 aliphatic rings. The van der Waals surface area contributed by atoms with Crippen LogP contribution in [0, 0.1) is 6.92 Å². The van der Waals surface area contributed by atoms with Gasteiger partial charge in [-0.05, 0) is 112 Å². The fourth-order valence-electron chi connectivity index (χ4n) is 7.32. The average Bonchev–Trinajstić information content (AvgIpc) is 3.10. The molecule has 0 atom stereocenters. The van der Waals surface area contributed by atoms with Gasteiger partial charge in [0.1, 0.15) is 0 Å². The molecule has 0 unspecified atom stereocenters. The number of benzene rings is 9. The number of hydrogen-bond donors (Lipinski definition) is 0. The molecule has 0 aliphatic heterocycles. The molecule has 0 saturated carbocycles. The summed E-state index contributed by atoms with van der Waals surface area (Å²) in [5.74, 6) is 0. The molecule has 0 fully saturated rings. The molecule has 0 nitrogen and oxygen atoms in total. The lowest BCUT2D eigenvalue weighted by molar-refractivity contribution is 1.47. The minimum Gasteiger partial charge on any atom is -0.0616 e. The summed E-state index contributed by atoms with van der Waals surface area (Å²) in [6, 6.07) is 60.5. The van der Waals surface area contributed by atoms with Crippen LogP contribution >= 0.6 is 0 Å². The second kappa shape index (κ2) is 10.2. The van der Waals surface area contributed by atoms with Gasteiger partial charge in [-0.1, -0.05) is 151 Å². The molecule has 0 radical (unpaired) electrons. The fourth-order valence-corrected chi connectivity index (χ4v) is 7.32. The number of aryl methyl sites for hydroxylation is 1. The van der Waals surface area contributed by atoms with Crippen LogP contribution in [-0.4, -0.2) is 0 Å². The summed E-state index contributed by atoms with van der Waals surface area (Å²) in [5.41, 5.74) is 8.89. The first-order valence-electron chi connectivity index (χ1n) is 15.7. The van der Waals surface area contributed by atoms with Gasteiger partial charge in [0.2, 0.25) is 0 Å². The Kier molecular flexibility index (Phi) is 5.83. The molecular weight excluding hydrogens is 540 g/mol. The van der Waals surface area contributed by atoms with Crippen molar-refractivity contribution in [3.05, 3.63) is 169 Å². The van der Waals surface area contributed by atoms with Crippen LogP contribution < -0.4 is 0 Å². The number of rotatable bonds is 3. The van der Waals surface area contributed by atoms with Crippen LogP contribution in [0.25, 0.3) is 87.2 Å². The van der Waals surface area contributed by atoms with Crippen LogP contribution in [0.1, 0.15) is 5.56 Å². The lowest BCUT2D eigenvalue weighted by atomic mass is 9.85.